The van der Waals surface area contributed by atoms with Gasteiger partial charge in [-0.3, -0.25) is 10.5 Å². The molecule has 0 bridgehead atoms. The molecule has 1 unspecified atom stereocenters. The van der Waals surface area contributed by atoms with Gasteiger partial charge < -0.3 is 9.47 Å². The summed E-state index contributed by atoms with van der Waals surface area (Å²) < 4.78 is 9.67. The van der Waals surface area contributed by atoms with Crippen LogP contribution in [0, 0.1) is 0 Å². The Balaban J connectivity index is 2.94. The van der Waals surface area contributed by atoms with Crippen LogP contribution in [0.5, 0.6) is 5.75 Å². The summed E-state index contributed by atoms with van der Waals surface area (Å²) in [6.07, 6.45) is -0.710. The topological polar surface area (TPSA) is 78.6 Å². The van der Waals surface area contributed by atoms with Crippen LogP contribution in [0.1, 0.15) is 24.2 Å². The second-order valence-electron chi connectivity index (χ2n) is 3.20. The molecule has 2 N–H and O–H groups in total. The maximum Gasteiger partial charge on any atom is 0.343 e. The van der Waals surface area contributed by atoms with E-state index in [4.69, 9.17) is 15.2 Å². The van der Waals surface area contributed by atoms with Gasteiger partial charge in [0, 0.05) is 6.92 Å². The number of hydrogen-bond acceptors (Lipinski definition) is 5. The molecule has 0 saturated heterocycles. The lowest BCUT2D eigenvalue weighted by molar-refractivity contribution is -0.131. The SMILES string of the molecule is CC(=O)Oc1ccccc1C(=O)OC(C)N. The van der Waals surface area contributed by atoms with Crippen LogP contribution in [0.4, 0.5) is 0 Å². The van der Waals surface area contributed by atoms with Gasteiger partial charge in [0.2, 0.25) is 0 Å². The molecule has 1 aromatic rings. The minimum atomic E-state index is -0.710. The zero-order valence-corrected chi connectivity index (χ0v) is 9.10. The Morgan fingerprint density at radius 2 is 1.94 bits per heavy atom. The number of hydrogen-bond donors (Lipinski definition) is 1. The van der Waals surface area contributed by atoms with Crippen molar-refractivity contribution in [3.63, 3.8) is 0 Å². The largest absolute Gasteiger partial charge is 0.443 e. The van der Waals surface area contributed by atoms with Crippen LogP contribution < -0.4 is 10.5 Å². The van der Waals surface area contributed by atoms with Crippen molar-refractivity contribution in [3.05, 3.63) is 29.8 Å². The molecule has 16 heavy (non-hydrogen) atoms. The van der Waals surface area contributed by atoms with Crippen LogP contribution in [0.15, 0.2) is 24.3 Å². The molecule has 86 valence electrons. The highest BCUT2D eigenvalue weighted by Gasteiger charge is 2.15. The molecule has 1 rings (SSSR count). The van der Waals surface area contributed by atoms with Crippen molar-refractivity contribution in [2.45, 2.75) is 20.1 Å². The van der Waals surface area contributed by atoms with Gasteiger partial charge in [0.25, 0.3) is 0 Å². The van der Waals surface area contributed by atoms with Crippen molar-refractivity contribution in [3.8, 4) is 5.75 Å². The number of carbonyl (C=O) groups is 2. The van der Waals surface area contributed by atoms with E-state index >= 15 is 0 Å². The van der Waals surface area contributed by atoms with Gasteiger partial charge in [-0.2, -0.15) is 0 Å². The Labute approximate surface area is 93.1 Å². The molecule has 0 spiro atoms. The quantitative estimate of drug-likeness (QED) is 0.471. The number of esters is 2. The lowest BCUT2D eigenvalue weighted by atomic mass is 10.2. The van der Waals surface area contributed by atoms with E-state index in [1.807, 2.05) is 0 Å². The first-order valence-electron chi connectivity index (χ1n) is 4.74. The van der Waals surface area contributed by atoms with Crippen LogP contribution >= 0.6 is 0 Å². The third-order valence-corrected chi connectivity index (χ3v) is 1.65. The minimum absolute atomic E-state index is 0.167. The van der Waals surface area contributed by atoms with Crippen LogP contribution in [0.25, 0.3) is 0 Å². The molecular weight excluding hydrogens is 210 g/mol. The number of carbonyl (C=O) groups excluding carboxylic acids is 2. The number of rotatable bonds is 3. The van der Waals surface area contributed by atoms with Crippen molar-refractivity contribution >= 4 is 11.9 Å². The second-order valence-corrected chi connectivity index (χ2v) is 3.20. The Hall–Kier alpha value is -1.88. The number of ether oxygens (including phenoxy) is 2. The van der Waals surface area contributed by atoms with E-state index in [1.165, 1.54) is 26.0 Å². The molecule has 0 heterocycles. The zero-order chi connectivity index (χ0) is 12.1. The van der Waals surface area contributed by atoms with Crippen molar-refractivity contribution in [2.24, 2.45) is 5.73 Å². The molecule has 1 atom stereocenters. The molecule has 0 aliphatic rings. The molecule has 0 amide bonds. The summed E-state index contributed by atoms with van der Waals surface area (Å²) in [4.78, 5) is 22.4. The van der Waals surface area contributed by atoms with E-state index < -0.39 is 18.2 Å². The molecule has 0 saturated carbocycles. The van der Waals surface area contributed by atoms with E-state index in [-0.39, 0.29) is 11.3 Å². The van der Waals surface area contributed by atoms with Gasteiger partial charge in [0.1, 0.15) is 17.5 Å². The highest BCUT2D eigenvalue weighted by atomic mass is 16.6. The Morgan fingerprint density at radius 3 is 2.50 bits per heavy atom. The Morgan fingerprint density at radius 1 is 1.31 bits per heavy atom. The van der Waals surface area contributed by atoms with Gasteiger partial charge in [-0.25, -0.2) is 4.79 Å². The van der Waals surface area contributed by atoms with Crippen LogP contribution in [0.2, 0.25) is 0 Å². The average Bonchev–Trinajstić information content (AvgIpc) is 2.16. The second kappa shape index (κ2) is 5.27. The smallest absolute Gasteiger partial charge is 0.343 e. The highest BCUT2D eigenvalue weighted by molar-refractivity contribution is 5.93. The van der Waals surface area contributed by atoms with Crippen LogP contribution in [0.3, 0.4) is 0 Å². The number of nitrogens with two attached hydrogens (primary N) is 1. The Bertz CT molecular complexity index is 401. The van der Waals surface area contributed by atoms with E-state index in [2.05, 4.69) is 0 Å². The molecule has 0 aromatic heterocycles. The first-order valence-corrected chi connectivity index (χ1v) is 4.74. The van der Waals surface area contributed by atoms with Crippen LogP contribution in [-0.2, 0) is 9.53 Å². The summed E-state index contributed by atoms with van der Waals surface area (Å²) in [5.41, 5.74) is 5.51. The van der Waals surface area contributed by atoms with Gasteiger partial charge in [-0.1, -0.05) is 12.1 Å². The van der Waals surface area contributed by atoms with Gasteiger partial charge >= 0.3 is 11.9 Å². The first-order chi connectivity index (χ1) is 7.50. The average molecular weight is 223 g/mol. The maximum absolute atomic E-state index is 11.6. The van der Waals surface area contributed by atoms with Crippen molar-refractivity contribution in [1.29, 1.82) is 0 Å². The molecule has 0 fully saturated rings. The lowest BCUT2D eigenvalue weighted by Gasteiger charge is -2.10. The molecule has 0 aliphatic heterocycles. The van der Waals surface area contributed by atoms with Gasteiger partial charge in [0.05, 0.1) is 0 Å². The number of para-hydroxylation sites is 1. The standard InChI is InChI=1S/C11H13NO4/c1-7(12)15-11(14)9-5-3-4-6-10(9)16-8(2)13/h3-7H,12H2,1-2H3. The van der Waals surface area contributed by atoms with Crippen molar-refractivity contribution in [2.75, 3.05) is 0 Å². The zero-order valence-electron chi connectivity index (χ0n) is 9.10. The molecule has 0 radical (unpaired) electrons. The Kier molecular flexibility index (Phi) is 4.02. The van der Waals surface area contributed by atoms with E-state index in [0.717, 1.165) is 0 Å². The van der Waals surface area contributed by atoms with Gasteiger partial charge in [0.15, 0.2) is 0 Å². The summed E-state index contributed by atoms with van der Waals surface area (Å²) in [7, 11) is 0. The van der Waals surface area contributed by atoms with E-state index in [9.17, 15) is 9.59 Å². The fourth-order valence-electron chi connectivity index (χ4n) is 1.11. The first kappa shape index (κ1) is 12.2. The summed E-state index contributed by atoms with van der Waals surface area (Å²) >= 11 is 0. The van der Waals surface area contributed by atoms with Gasteiger partial charge in [-0.05, 0) is 19.1 Å². The van der Waals surface area contributed by atoms with Gasteiger partial charge in [-0.15, -0.1) is 0 Å². The monoisotopic (exact) mass is 223 g/mol. The van der Waals surface area contributed by atoms with Crippen molar-refractivity contribution in [1.82, 2.24) is 0 Å². The summed E-state index contributed by atoms with van der Waals surface area (Å²) in [5.74, 6) is -0.950. The molecule has 1 aromatic carbocycles. The lowest BCUT2D eigenvalue weighted by Crippen LogP contribution is -2.23. The molecule has 5 nitrogen and oxygen atoms in total. The summed E-state index contributed by atoms with van der Waals surface area (Å²) in [6.45, 7) is 2.79. The number of benzene rings is 1. The maximum atomic E-state index is 11.6. The minimum Gasteiger partial charge on any atom is -0.443 e. The molecule has 0 aliphatic carbocycles. The van der Waals surface area contributed by atoms with E-state index in [0.29, 0.717) is 0 Å². The normalized spacial score (nSPS) is 11.7. The fraction of sp³-hybridized carbons (Fsp3) is 0.273. The third kappa shape index (κ3) is 3.36. The van der Waals surface area contributed by atoms with E-state index in [1.54, 1.807) is 12.1 Å². The van der Waals surface area contributed by atoms with Crippen molar-refractivity contribution < 1.29 is 19.1 Å². The molecule has 5 heteroatoms. The molecular formula is C11H13NO4. The predicted octanol–water partition coefficient (Wildman–Crippen LogP) is 1.07. The fourth-order valence-corrected chi connectivity index (χ4v) is 1.11. The van der Waals surface area contributed by atoms with Crippen LogP contribution in [-0.4, -0.2) is 18.2 Å². The third-order valence-electron chi connectivity index (χ3n) is 1.65. The summed E-state index contributed by atoms with van der Waals surface area (Å²) in [5, 5.41) is 0. The predicted molar refractivity (Wildman–Crippen MR) is 56.8 cm³/mol. The highest BCUT2D eigenvalue weighted by Crippen LogP contribution is 2.19. The summed E-state index contributed by atoms with van der Waals surface area (Å²) in [6, 6.07) is 6.31.